The molecule has 0 radical (unpaired) electrons. The van der Waals surface area contributed by atoms with Crippen LogP contribution in [0.25, 0.3) is 5.82 Å². The van der Waals surface area contributed by atoms with Crippen LogP contribution in [0.1, 0.15) is 11.4 Å². The van der Waals surface area contributed by atoms with E-state index in [4.69, 9.17) is 11.6 Å². The molecule has 0 aliphatic carbocycles. The molecule has 3 heterocycles. The van der Waals surface area contributed by atoms with Gasteiger partial charge in [0.15, 0.2) is 5.96 Å². The number of nitrogens with one attached hydrogen (secondary N) is 1. The Labute approximate surface area is 205 Å². The summed E-state index contributed by atoms with van der Waals surface area (Å²) < 4.78 is 1.97. The molecule has 0 spiro atoms. The summed E-state index contributed by atoms with van der Waals surface area (Å²) in [5.74, 6) is 2.70. The smallest absolute Gasteiger partial charge is 0.194 e. The Morgan fingerprint density at radius 2 is 1.87 bits per heavy atom. The first-order valence-electron chi connectivity index (χ1n) is 10.1. The summed E-state index contributed by atoms with van der Waals surface area (Å²) in [5, 5.41) is 4.26. The van der Waals surface area contributed by atoms with Gasteiger partial charge in [-0.1, -0.05) is 29.8 Å². The number of aliphatic imine (C=N–C) groups is 1. The van der Waals surface area contributed by atoms with Crippen molar-refractivity contribution >= 4 is 47.2 Å². The number of aryl methyl sites for hydroxylation is 1. The fourth-order valence-corrected chi connectivity index (χ4v) is 3.92. The van der Waals surface area contributed by atoms with E-state index in [2.05, 4.69) is 42.2 Å². The second kappa shape index (κ2) is 10.8. The van der Waals surface area contributed by atoms with Gasteiger partial charge in [0.05, 0.1) is 10.7 Å². The molecule has 1 saturated heterocycles. The van der Waals surface area contributed by atoms with E-state index in [9.17, 15) is 0 Å². The van der Waals surface area contributed by atoms with Crippen molar-refractivity contribution in [3.8, 4) is 5.82 Å². The minimum atomic E-state index is 0. The van der Waals surface area contributed by atoms with Gasteiger partial charge in [0, 0.05) is 58.4 Å². The lowest BCUT2D eigenvalue weighted by Gasteiger charge is -2.38. The summed E-state index contributed by atoms with van der Waals surface area (Å²) in [5.41, 5.74) is 2.20. The fraction of sp³-hybridized carbons (Fsp3) is 0.318. The highest BCUT2D eigenvalue weighted by molar-refractivity contribution is 14.0. The van der Waals surface area contributed by atoms with Crippen molar-refractivity contribution in [2.75, 3.05) is 38.1 Å². The second-order valence-electron chi connectivity index (χ2n) is 7.20. The van der Waals surface area contributed by atoms with Crippen LogP contribution in [0.3, 0.4) is 0 Å². The molecule has 4 rings (SSSR count). The van der Waals surface area contributed by atoms with E-state index < -0.39 is 0 Å². The fourth-order valence-electron chi connectivity index (χ4n) is 3.66. The molecule has 0 saturated carbocycles. The molecule has 0 bridgehead atoms. The monoisotopic (exact) mass is 551 g/mol. The normalized spacial score (nSPS) is 14.4. The van der Waals surface area contributed by atoms with Gasteiger partial charge < -0.3 is 15.1 Å². The van der Waals surface area contributed by atoms with Gasteiger partial charge in [-0.3, -0.25) is 9.56 Å². The molecule has 31 heavy (non-hydrogen) atoms. The van der Waals surface area contributed by atoms with Gasteiger partial charge in [-0.25, -0.2) is 9.97 Å². The number of para-hydroxylation sites is 1. The number of aromatic nitrogens is 3. The van der Waals surface area contributed by atoms with Crippen LogP contribution in [0, 0.1) is 6.92 Å². The zero-order valence-electron chi connectivity index (χ0n) is 17.7. The number of rotatable bonds is 4. The van der Waals surface area contributed by atoms with Crippen LogP contribution >= 0.6 is 35.6 Å². The predicted molar refractivity (Wildman–Crippen MR) is 137 cm³/mol. The van der Waals surface area contributed by atoms with E-state index in [1.54, 1.807) is 6.20 Å². The number of halogens is 2. The minimum Gasteiger partial charge on any atom is -0.367 e. The SMILES string of the molecule is CN=C(NCc1ccc(-n2ccnc2C)nc1)N1CCN(c2ccccc2Cl)CC1.I. The third kappa shape index (κ3) is 5.48. The van der Waals surface area contributed by atoms with Gasteiger partial charge in [0.2, 0.25) is 0 Å². The van der Waals surface area contributed by atoms with Crippen LogP contribution in [0.4, 0.5) is 5.69 Å². The lowest BCUT2D eigenvalue weighted by atomic mass is 10.2. The number of pyridine rings is 1. The summed E-state index contributed by atoms with van der Waals surface area (Å²) in [7, 11) is 1.83. The van der Waals surface area contributed by atoms with E-state index >= 15 is 0 Å². The maximum atomic E-state index is 6.35. The standard InChI is InChI=1S/C22H26ClN7.HI/c1-17-25-9-10-30(17)21-8-7-18(15-26-21)16-27-22(24-2)29-13-11-28(12-14-29)20-6-4-3-5-19(20)23;/h3-10,15H,11-14,16H2,1-2H3,(H,24,27);1H. The first-order chi connectivity index (χ1) is 14.7. The number of benzene rings is 1. The highest BCUT2D eigenvalue weighted by Gasteiger charge is 2.21. The van der Waals surface area contributed by atoms with Crippen LogP contribution in [0.5, 0.6) is 0 Å². The summed E-state index contributed by atoms with van der Waals surface area (Å²) >= 11 is 6.35. The maximum absolute atomic E-state index is 6.35. The molecule has 1 N–H and O–H groups in total. The van der Waals surface area contributed by atoms with Gasteiger partial charge in [0.25, 0.3) is 0 Å². The number of nitrogens with zero attached hydrogens (tertiary/aromatic N) is 6. The Kier molecular flexibility index (Phi) is 8.14. The second-order valence-corrected chi connectivity index (χ2v) is 7.60. The van der Waals surface area contributed by atoms with Gasteiger partial charge in [-0.2, -0.15) is 0 Å². The van der Waals surface area contributed by atoms with Crippen LogP contribution in [0.2, 0.25) is 5.02 Å². The number of hydrogen-bond acceptors (Lipinski definition) is 4. The van der Waals surface area contributed by atoms with Crippen molar-refractivity contribution in [2.45, 2.75) is 13.5 Å². The van der Waals surface area contributed by atoms with E-state index in [-0.39, 0.29) is 24.0 Å². The summed E-state index contributed by atoms with van der Waals surface area (Å²) in [6.07, 6.45) is 5.59. The molecule has 0 atom stereocenters. The summed E-state index contributed by atoms with van der Waals surface area (Å²) in [6, 6.07) is 12.1. The molecule has 1 aliphatic heterocycles. The molecule has 1 aliphatic rings. The highest BCUT2D eigenvalue weighted by atomic mass is 127. The average molecular weight is 552 g/mol. The van der Waals surface area contributed by atoms with Crippen LogP contribution in [-0.4, -0.2) is 58.6 Å². The quantitative estimate of drug-likeness (QED) is 0.304. The van der Waals surface area contributed by atoms with Gasteiger partial charge in [0.1, 0.15) is 11.6 Å². The van der Waals surface area contributed by atoms with Crippen molar-refractivity contribution in [1.82, 2.24) is 24.8 Å². The number of imidazole rings is 1. The third-order valence-corrected chi connectivity index (χ3v) is 5.64. The van der Waals surface area contributed by atoms with Crippen molar-refractivity contribution in [1.29, 1.82) is 0 Å². The predicted octanol–water partition coefficient (Wildman–Crippen LogP) is 3.74. The topological polar surface area (TPSA) is 61.6 Å². The van der Waals surface area contributed by atoms with Gasteiger partial charge >= 0.3 is 0 Å². The van der Waals surface area contributed by atoms with Crippen molar-refractivity contribution in [2.24, 2.45) is 4.99 Å². The maximum Gasteiger partial charge on any atom is 0.194 e. The Hall–Kier alpha value is -2.33. The summed E-state index contributed by atoms with van der Waals surface area (Å²) in [4.78, 5) is 17.9. The zero-order chi connectivity index (χ0) is 20.9. The first-order valence-corrected chi connectivity index (χ1v) is 10.4. The van der Waals surface area contributed by atoms with Crippen LogP contribution in [0.15, 0.2) is 60.0 Å². The molecule has 2 aromatic heterocycles. The Bertz CT molecular complexity index is 1010. The van der Waals surface area contributed by atoms with Crippen LogP contribution < -0.4 is 10.2 Å². The number of anilines is 1. The Morgan fingerprint density at radius 3 is 2.48 bits per heavy atom. The molecule has 9 heteroatoms. The third-order valence-electron chi connectivity index (χ3n) is 5.32. The van der Waals surface area contributed by atoms with Crippen LogP contribution in [-0.2, 0) is 6.54 Å². The summed E-state index contributed by atoms with van der Waals surface area (Å²) in [6.45, 7) is 6.24. The Balaban J connectivity index is 0.00000272. The Morgan fingerprint density at radius 1 is 1.10 bits per heavy atom. The number of piperazine rings is 1. The molecule has 7 nitrogen and oxygen atoms in total. The number of hydrogen-bond donors (Lipinski definition) is 1. The molecule has 164 valence electrons. The highest BCUT2D eigenvalue weighted by Crippen LogP contribution is 2.26. The molecular formula is C22H27ClIN7. The van der Waals surface area contributed by atoms with E-state index in [0.29, 0.717) is 6.54 Å². The molecule has 0 unspecified atom stereocenters. The first kappa shape index (κ1) is 23.3. The van der Waals surface area contributed by atoms with Crippen molar-refractivity contribution < 1.29 is 0 Å². The molecule has 1 aromatic carbocycles. The van der Waals surface area contributed by atoms with Gasteiger partial charge in [-0.15, -0.1) is 24.0 Å². The van der Waals surface area contributed by atoms with E-state index in [1.165, 1.54) is 0 Å². The number of guanidine groups is 1. The van der Waals surface area contributed by atoms with E-state index in [1.807, 2.05) is 55.2 Å². The average Bonchev–Trinajstić information content (AvgIpc) is 3.21. The lowest BCUT2D eigenvalue weighted by Crippen LogP contribution is -2.52. The molecule has 1 fully saturated rings. The lowest BCUT2D eigenvalue weighted by molar-refractivity contribution is 0.372. The molecule has 0 amide bonds. The van der Waals surface area contributed by atoms with Crippen molar-refractivity contribution in [3.63, 3.8) is 0 Å². The zero-order valence-corrected chi connectivity index (χ0v) is 20.8. The van der Waals surface area contributed by atoms with Crippen molar-refractivity contribution in [3.05, 3.63) is 71.4 Å². The molecular weight excluding hydrogens is 525 g/mol. The van der Waals surface area contributed by atoms with E-state index in [0.717, 1.165) is 60.1 Å². The largest absolute Gasteiger partial charge is 0.367 e. The van der Waals surface area contributed by atoms with Gasteiger partial charge in [-0.05, 0) is 30.7 Å². The molecule has 3 aromatic rings. The minimum absolute atomic E-state index is 0.